The molecule has 132 valence electrons. The Balaban J connectivity index is 1.96. The highest BCUT2D eigenvalue weighted by molar-refractivity contribution is 6.04. The second-order valence-corrected chi connectivity index (χ2v) is 6.42. The summed E-state index contributed by atoms with van der Waals surface area (Å²) in [5.41, 5.74) is 3.08. The molecule has 0 atom stereocenters. The minimum absolute atomic E-state index is 0.0874. The van der Waals surface area contributed by atoms with Gasteiger partial charge in [-0.25, -0.2) is 0 Å². The number of hydrogen-bond acceptors (Lipinski definition) is 2. The van der Waals surface area contributed by atoms with Gasteiger partial charge in [0, 0.05) is 23.4 Å². The van der Waals surface area contributed by atoms with Crippen molar-refractivity contribution in [1.29, 1.82) is 0 Å². The lowest BCUT2D eigenvalue weighted by Gasteiger charge is -2.09. The number of unbranched alkanes of at least 4 members (excludes halogenated alkanes) is 1. The summed E-state index contributed by atoms with van der Waals surface area (Å²) >= 11 is 0. The number of hydrogen-bond donors (Lipinski definition) is 2. The van der Waals surface area contributed by atoms with Gasteiger partial charge in [0.15, 0.2) is 0 Å². The van der Waals surface area contributed by atoms with Crippen molar-refractivity contribution in [3.63, 3.8) is 0 Å². The van der Waals surface area contributed by atoms with Gasteiger partial charge in [-0.05, 0) is 54.3 Å². The van der Waals surface area contributed by atoms with Crippen molar-refractivity contribution in [1.82, 2.24) is 5.32 Å². The van der Waals surface area contributed by atoms with Gasteiger partial charge < -0.3 is 10.6 Å². The quantitative estimate of drug-likeness (QED) is 0.725. The first-order chi connectivity index (χ1) is 12.0. The van der Waals surface area contributed by atoms with Gasteiger partial charge in [0.2, 0.25) is 0 Å². The van der Waals surface area contributed by atoms with Crippen LogP contribution in [0.25, 0.3) is 0 Å². The van der Waals surface area contributed by atoms with E-state index >= 15 is 0 Å². The fourth-order valence-electron chi connectivity index (χ4n) is 2.41. The summed E-state index contributed by atoms with van der Waals surface area (Å²) in [5.74, 6) is 0.194. The molecule has 0 saturated heterocycles. The van der Waals surface area contributed by atoms with E-state index in [-0.39, 0.29) is 11.8 Å². The van der Waals surface area contributed by atoms with Gasteiger partial charge in [-0.15, -0.1) is 0 Å². The summed E-state index contributed by atoms with van der Waals surface area (Å²) in [6.45, 7) is 7.00. The fourth-order valence-corrected chi connectivity index (χ4v) is 2.41. The molecule has 2 N–H and O–H groups in total. The van der Waals surface area contributed by atoms with E-state index < -0.39 is 0 Å². The van der Waals surface area contributed by atoms with Crippen LogP contribution in [0.4, 0.5) is 5.69 Å². The summed E-state index contributed by atoms with van der Waals surface area (Å²) in [7, 11) is 0. The highest BCUT2D eigenvalue weighted by Crippen LogP contribution is 2.16. The molecule has 2 aromatic carbocycles. The number of anilines is 1. The summed E-state index contributed by atoms with van der Waals surface area (Å²) < 4.78 is 0. The smallest absolute Gasteiger partial charge is 0.255 e. The van der Waals surface area contributed by atoms with Crippen LogP contribution in [0, 0.1) is 0 Å². The molecule has 0 aliphatic heterocycles. The van der Waals surface area contributed by atoms with E-state index in [4.69, 9.17) is 0 Å². The number of rotatable bonds is 7. The van der Waals surface area contributed by atoms with E-state index in [2.05, 4.69) is 31.4 Å². The monoisotopic (exact) mass is 338 g/mol. The van der Waals surface area contributed by atoms with E-state index in [1.165, 1.54) is 5.56 Å². The Bertz CT molecular complexity index is 704. The number of carbonyl (C=O) groups excluding carboxylic acids is 2. The van der Waals surface area contributed by atoms with E-state index in [1.807, 2.05) is 24.3 Å². The van der Waals surface area contributed by atoms with Gasteiger partial charge in [0.25, 0.3) is 11.8 Å². The summed E-state index contributed by atoms with van der Waals surface area (Å²) in [4.78, 5) is 24.3. The molecule has 0 bridgehead atoms. The molecule has 0 spiro atoms. The fraction of sp³-hybridized carbons (Fsp3) is 0.333. The van der Waals surface area contributed by atoms with Crippen molar-refractivity contribution in [2.45, 2.75) is 39.5 Å². The highest BCUT2D eigenvalue weighted by Gasteiger charge is 2.08. The highest BCUT2D eigenvalue weighted by atomic mass is 16.2. The van der Waals surface area contributed by atoms with Crippen LogP contribution in [0.3, 0.4) is 0 Å². The van der Waals surface area contributed by atoms with Gasteiger partial charge >= 0.3 is 0 Å². The second-order valence-electron chi connectivity index (χ2n) is 6.42. The first kappa shape index (κ1) is 18.7. The number of nitrogens with one attached hydrogen (secondary N) is 2. The van der Waals surface area contributed by atoms with Gasteiger partial charge in [-0.3, -0.25) is 9.59 Å². The molecule has 2 amide bonds. The lowest BCUT2D eigenvalue weighted by atomic mass is 10.0. The predicted octanol–water partition coefficient (Wildman–Crippen LogP) is 4.59. The van der Waals surface area contributed by atoms with Crippen LogP contribution in [0.1, 0.15) is 65.8 Å². The van der Waals surface area contributed by atoms with Crippen molar-refractivity contribution >= 4 is 17.5 Å². The van der Waals surface area contributed by atoms with Crippen LogP contribution in [0.2, 0.25) is 0 Å². The van der Waals surface area contributed by atoms with Crippen LogP contribution < -0.4 is 10.6 Å². The molecule has 0 aliphatic rings. The molecule has 0 radical (unpaired) electrons. The maximum atomic E-state index is 12.3. The third-order valence-electron chi connectivity index (χ3n) is 4.06. The van der Waals surface area contributed by atoms with Crippen molar-refractivity contribution in [3.8, 4) is 0 Å². The third-order valence-corrected chi connectivity index (χ3v) is 4.06. The van der Waals surface area contributed by atoms with Gasteiger partial charge in [0.1, 0.15) is 0 Å². The van der Waals surface area contributed by atoms with Crippen molar-refractivity contribution in [2.75, 3.05) is 11.9 Å². The Labute approximate surface area is 149 Å². The topological polar surface area (TPSA) is 58.2 Å². The molecule has 0 aliphatic carbocycles. The van der Waals surface area contributed by atoms with Crippen LogP contribution in [-0.4, -0.2) is 18.4 Å². The van der Waals surface area contributed by atoms with Crippen LogP contribution in [0.15, 0.2) is 48.5 Å². The number of amides is 2. The number of carbonyl (C=O) groups is 2. The summed E-state index contributed by atoms with van der Waals surface area (Å²) in [6.07, 6.45) is 2.01. The first-order valence-corrected chi connectivity index (χ1v) is 8.81. The minimum Gasteiger partial charge on any atom is -0.352 e. The van der Waals surface area contributed by atoms with Gasteiger partial charge in [-0.1, -0.05) is 39.3 Å². The van der Waals surface area contributed by atoms with Crippen molar-refractivity contribution in [3.05, 3.63) is 65.2 Å². The molecule has 2 aromatic rings. The molecular weight excluding hydrogens is 312 g/mol. The summed E-state index contributed by atoms with van der Waals surface area (Å²) in [6, 6.07) is 14.6. The van der Waals surface area contributed by atoms with E-state index in [0.29, 0.717) is 29.3 Å². The average Bonchev–Trinajstić information content (AvgIpc) is 2.62. The zero-order valence-corrected chi connectivity index (χ0v) is 15.1. The molecule has 2 rings (SSSR count). The maximum absolute atomic E-state index is 12.3. The largest absolute Gasteiger partial charge is 0.352 e. The molecule has 4 nitrogen and oxygen atoms in total. The first-order valence-electron chi connectivity index (χ1n) is 8.81. The van der Waals surface area contributed by atoms with Gasteiger partial charge in [0.05, 0.1) is 0 Å². The molecule has 0 aromatic heterocycles. The Morgan fingerprint density at radius 2 is 1.44 bits per heavy atom. The standard InChI is InChI=1S/C21H26N2O2/c1-4-5-14-22-20(24)17-10-12-19(13-11-17)23-21(25)18-8-6-16(7-9-18)15(2)3/h6-13,15H,4-5,14H2,1-3H3,(H,22,24)(H,23,25). The van der Waals surface area contributed by atoms with E-state index in [9.17, 15) is 9.59 Å². The van der Waals surface area contributed by atoms with Gasteiger partial charge in [-0.2, -0.15) is 0 Å². The lowest BCUT2D eigenvalue weighted by molar-refractivity contribution is 0.0952. The predicted molar refractivity (Wildman–Crippen MR) is 102 cm³/mol. The lowest BCUT2D eigenvalue weighted by Crippen LogP contribution is -2.24. The zero-order chi connectivity index (χ0) is 18.2. The molecule has 0 saturated carbocycles. The Morgan fingerprint density at radius 3 is 2.00 bits per heavy atom. The van der Waals surface area contributed by atoms with E-state index in [1.54, 1.807) is 24.3 Å². The van der Waals surface area contributed by atoms with Crippen molar-refractivity contribution in [2.24, 2.45) is 0 Å². The zero-order valence-electron chi connectivity index (χ0n) is 15.1. The SMILES string of the molecule is CCCCNC(=O)c1ccc(NC(=O)c2ccc(C(C)C)cc2)cc1. The molecule has 0 fully saturated rings. The minimum atomic E-state index is -0.157. The average molecular weight is 338 g/mol. The van der Waals surface area contributed by atoms with Crippen LogP contribution in [-0.2, 0) is 0 Å². The maximum Gasteiger partial charge on any atom is 0.255 e. The van der Waals surface area contributed by atoms with E-state index in [0.717, 1.165) is 12.8 Å². The Hall–Kier alpha value is -2.62. The molecular formula is C21H26N2O2. The Kier molecular flexibility index (Phi) is 6.75. The van der Waals surface area contributed by atoms with Crippen LogP contribution >= 0.6 is 0 Å². The molecule has 0 unspecified atom stereocenters. The Morgan fingerprint density at radius 1 is 0.880 bits per heavy atom. The van der Waals surface area contributed by atoms with Crippen molar-refractivity contribution < 1.29 is 9.59 Å². The second kappa shape index (κ2) is 9.02. The molecule has 0 heterocycles. The normalized spacial score (nSPS) is 10.6. The molecule has 4 heteroatoms. The van der Waals surface area contributed by atoms with Crippen LogP contribution in [0.5, 0.6) is 0 Å². The third kappa shape index (κ3) is 5.45. The number of benzene rings is 2. The molecule has 25 heavy (non-hydrogen) atoms. The summed E-state index contributed by atoms with van der Waals surface area (Å²) in [5, 5.41) is 5.73.